The van der Waals surface area contributed by atoms with Crippen molar-refractivity contribution in [1.29, 1.82) is 0 Å². The number of aryl methyl sites for hydroxylation is 1. The van der Waals surface area contributed by atoms with Crippen LogP contribution < -0.4 is 14.9 Å². The van der Waals surface area contributed by atoms with Crippen LogP contribution in [-0.4, -0.2) is 33.4 Å². The molecule has 1 aliphatic heterocycles. The molecule has 4 heterocycles. The van der Waals surface area contributed by atoms with Crippen molar-refractivity contribution in [3.63, 3.8) is 0 Å². The number of amides is 2. The first-order valence-corrected chi connectivity index (χ1v) is 10.5. The molecule has 3 aromatic rings. The van der Waals surface area contributed by atoms with Crippen molar-refractivity contribution in [2.45, 2.75) is 32.7 Å². The number of H-pyrrole nitrogens is 1. The average molecular weight is 432 g/mol. The molecule has 0 fully saturated rings. The van der Waals surface area contributed by atoms with Crippen molar-refractivity contribution in [2.75, 3.05) is 16.8 Å². The maximum atomic E-state index is 12.7. The molecule has 4 rings (SSSR count). The third-order valence-corrected chi connectivity index (χ3v) is 6.00. The lowest BCUT2D eigenvalue weighted by molar-refractivity contribution is -0.768. The van der Waals surface area contributed by atoms with Crippen LogP contribution in [0.3, 0.4) is 0 Å². The van der Waals surface area contributed by atoms with Gasteiger partial charge in [-0.25, -0.2) is 0 Å². The normalized spacial score (nSPS) is 13.7. The number of hydrogen-bond acceptors (Lipinski definition) is 5. The second kappa shape index (κ2) is 7.92. The number of aromatic nitrogens is 4. The fraction of sp³-hybridized carbons (Fsp3) is 0.316. The summed E-state index contributed by atoms with van der Waals surface area (Å²) in [5.74, 6) is 0.177. The van der Waals surface area contributed by atoms with Crippen molar-refractivity contribution in [3.8, 4) is 11.4 Å². The summed E-state index contributed by atoms with van der Waals surface area (Å²) in [6, 6.07) is 3.79. The van der Waals surface area contributed by atoms with Crippen molar-refractivity contribution in [1.82, 2.24) is 15.1 Å². The monoisotopic (exact) mass is 431 g/mol. The molecule has 150 valence electrons. The van der Waals surface area contributed by atoms with Gasteiger partial charge in [0.15, 0.2) is 0 Å². The Kier molecular flexibility index (Phi) is 5.33. The molecule has 0 aliphatic carbocycles. The van der Waals surface area contributed by atoms with Crippen molar-refractivity contribution < 1.29 is 14.3 Å². The largest absolute Gasteiger partial charge is 0.315 e. The lowest BCUT2D eigenvalue weighted by Crippen LogP contribution is -2.41. The molecular formula is C19H20ClN6O2S+. The Labute approximate surface area is 176 Å². The summed E-state index contributed by atoms with van der Waals surface area (Å²) in [6.45, 7) is 3.97. The maximum absolute atomic E-state index is 12.7. The molecule has 8 nitrogen and oxygen atoms in total. The molecule has 0 bridgehead atoms. The zero-order valence-electron chi connectivity index (χ0n) is 16.0. The average Bonchev–Trinajstić information content (AvgIpc) is 3.31. The third-order valence-electron chi connectivity index (χ3n) is 4.67. The Balaban J connectivity index is 1.55. The highest BCUT2D eigenvalue weighted by Crippen LogP contribution is 2.38. The van der Waals surface area contributed by atoms with E-state index < -0.39 is 0 Å². The van der Waals surface area contributed by atoms with Gasteiger partial charge in [-0.1, -0.05) is 11.6 Å². The van der Waals surface area contributed by atoms with Gasteiger partial charge in [-0.3, -0.25) is 14.6 Å². The molecule has 0 saturated heterocycles. The van der Waals surface area contributed by atoms with E-state index in [2.05, 4.69) is 20.4 Å². The minimum absolute atomic E-state index is 0.0867. The van der Waals surface area contributed by atoms with Gasteiger partial charge in [0.1, 0.15) is 23.2 Å². The molecule has 0 radical (unpaired) electrons. The maximum Gasteiger partial charge on any atom is 0.307 e. The van der Waals surface area contributed by atoms with E-state index >= 15 is 0 Å². The van der Waals surface area contributed by atoms with E-state index in [1.165, 1.54) is 16.2 Å². The number of carbonyl (C=O) groups excluding carboxylic acids is 2. The van der Waals surface area contributed by atoms with Gasteiger partial charge in [0.05, 0.1) is 16.4 Å². The molecule has 0 unspecified atom stereocenters. The van der Waals surface area contributed by atoms with Gasteiger partial charge < -0.3 is 10.2 Å². The van der Waals surface area contributed by atoms with E-state index in [9.17, 15) is 9.59 Å². The predicted molar refractivity (Wildman–Crippen MR) is 111 cm³/mol. The van der Waals surface area contributed by atoms with E-state index in [4.69, 9.17) is 11.6 Å². The van der Waals surface area contributed by atoms with E-state index in [1.807, 2.05) is 24.6 Å². The summed E-state index contributed by atoms with van der Waals surface area (Å²) in [6.07, 6.45) is 4.32. The van der Waals surface area contributed by atoms with E-state index in [-0.39, 0.29) is 24.4 Å². The standard InChI is InChI=1S/C19H19ClN6O2S/c1-11(2)26-10-22-18(24-26)17-12(20)9-29-19(17)23-15(27)8-25-14-4-3-7-21-13(14)5-6-16(25)28/h3-4,7,9-11H,5-6,8H2,1-2H3,(H,23,24,27)/p+1. The van der Waals surface area contributed by atoms with Crippen LogP contribution in [0, 0.1) is 0 Å². The highest BCUT2D eigenvalue weighted by Gasteiger charge is 2.28. The van der Waals surface area contributed by atoms with Crippen molar-refractivity contribution in [3.05, 3.63) is 40.8 Å². The van der Waals surface area contributed by atoms with E-state index in [0.29, 0.717) is 39.9 Å². The number of hydrogen-bond donors (Lipinski definition) is 2. The second-order valence-corrected chi connectivity index (χ2v) is 8.28. The quantitative estimate of drug-likeness (QED) is 0.607. The molecular weight excluding hydrogens is 412 g/mol. The van der Waals surface area contributed by atoms with E-state index in [1.54, 1.807) is 24.0 Å². The van der Waals surface area contributed by atoms with Crippen LogP contribution in [0.15, 0.2) is 30.0 Å². The van der Waals surface area contributed by atoms with E-state index in [0.717, 1.165) is 5.69 Å². The second-order valence-electron chi connectivity index (χ2n) is 6.99. The summed E-state index contributed by atoms with van der Waals surface area (Å²) in [4.78, 5) is 35.3. The summed E-state index contributed by atoms with van der Waals surface area (Å²) in [5, 5.41) is 8.89. The molecule has 0 spiro atoms. The highest BCUT2D eigenvalue weighted by atomic mass is 35.5. The molecule has 0 saturated carbocycles. The van der Waals surface area contributed by atoms with Crippen LogP contribution in [0.5, 0.6) is 0 Å². The van der Waals surface area contributed by atoms with Crippen LogP contribution in [0.2, 0.25) is 5.02 Å². The minimum Gasteiger partial charge on any atom is -0.315 e. The van der Waals surface area contributed by atoms with Crippen LogP contribution in [0.1, 0.15) is 32.0 Å². The Hall–Kier alpha value is -2.78. The number of nitrogens with zero attached hydrogens (tertiary/aromatic N) is 4. The summed E-state index contributed by atoms with van der Waals surface area (Å²) in [5.41, 5.74) is 2.15. The molecule has 2 amide bonds. The Morgan fingerprint density at radius 3 is 3.00 bits per heavy atom. The Morgan fingerprint density at radius 2 is 2.24 bits per heavy atom. The third kappa shape index (κ3) is 3.88. The number of halogens is 1. The van der Waals surface area contributed by atoms with Gasteiger partial charge in [0.25, 0.3) is 5.82 Å². The number of aromatic amines is 1. The SMILES string of the molecule is CC(C)[n+]1cnc(-c2c(Cl)csc2NC(=O)CN2C(=O)CCc3ncccc32)[nH]1. The predicted octanol–water partition coefficient (Wildman–Crippen LogP) is 2.97. The van der Waals surface area contributed by atoms with Gasteiger partial charge in [0.2, 0.25) is 11.8 Å². The Bertz CT molecular complexity index is 1080. The smallest absolute Gasteiger partial charge is 0.307 e. The first-order chi connectivity index (χ1) is 13.9. The number of nitrogens with one attached hydrogen (secondary N) is 2. The first kappa shape index (κ1) is 19.5. The molecule has 3 aromatic heterocycles. The number of carbonyl (C=O) groups is 2. The number of pyridine rings is 1. The zero-order chi connectivity index (χ0) is 20.5. The van der Waals surface area contributed by atoms with Gasteiger partial charge in [-0.2, -0.15) is 9.78 Å². The number of rotatable bonds is 5. The van der Waals surface area contributed by atoms with Gasteiger partial charge in [-0.05, 0) is 31.0 Å². The topological polar surface area (TPSA) is 94.9 Å². The molecule has 0 atom stereocenters. The summed E-state index contributed by atoms with van der Waals surface area (Å²) < 4.78 is 1.85. The fourth-order valence-electron chi connectivity index (χ4n) is 3.18. The van der Waals surface area contributed by atoms with Crippen molar-refractivity contribution in [2.24, 2.45) is 0 Å². The first-order valence-electron chi connectivity index (χ1n) is 9.21. The summed E-state index contributed by atoms with van der Waals surface area (Å²) in [7, 11) is 0. The molecule has 1 aliphatic rings. The summed E-state index contributed by atoms with van der Waals surface area (Å²) >= 11 is 7.67. The lowest BCUT2D eigenvalue weighted by atomic mass is 10.1. The van der Waals surface area contributed by atoms with Crippen LogP contribution in [-0.2, 0) is 16.0 Å². The van der Waals surface area contributed by atoms with Crippen molar-refractivity contribution >= 4 is 45.4 Å². The molecule has 0 aromatic carbocycles. The fourth-order valence-corrected chi connectivity index (χ4v) is 4.39. The molecule has 2 N–H and O–H groups in total. The number of fused-ring (bicyclic) bond motifs is 1. The van der Waals surface area contributed by atoms with Crippen LogP contribution >= 0.6 is 22.9 Å². The highest BCUT2D eigenvalue weighted by molar-refractivity contribution is 7.15. The minimum atomic E-state index is -0.307. The number of thiophene rings is 1. The molecule has 10 heteroatoms. The van der Waals surface area contributed by atoms with Gasteiger partial charge >= 0.3 is 6.33 Å². The van der Waals surface area contributed by atoms with Gasteiger partial charge in [0, 0.05) is 24.4 Å². The number of anilines is 2. The molecule has 29 heavy (non-hydrogen) atoms. The Morgan fingerprint density at radius 1 is 1.41 bits per heavy atom. The van der Waals surface area contributed by atoms with Gasteiger partial charge in [-0.15, -0.1) is 11.3 Å². The zero-order valence-corrected chi connectivity index (χ0v) is 17.5. The lowest BCUT2D eigenvalue weighted by Gasteiger charge is -2.27. The van der Waals surface area contributed by atoms with Crippen LogP contribution in [0.25, 0.3) is 11.4 Å². The van der Waals surface area contributed by atoms with Crippen LogP contribution in [0.4, 0.5) is 10.7 Å².